The summed E-state index contributed by atoms with van der Waals surface area (Å²) in [7, 11) is 0. The Morgan fingerprint density at radius 2 is 2.06 bits per heavy atom. The molecule has 6 heteroatoms. The third-order valence-corrected chi connectivity index (χ3v) is 2.20. The summed E-state index contributed by atoms with van der Waals surface area (Å²) in [5.41, 5.74) is 8.44. The van der Waals surface area contributed by atoms with Gasteiger partial charge in [-0.15, -0.1) is 0 Å². The fourth-order valence-electron chi connectivity index (χ4n) is 1.47. The van der Waals surface area contributed by atoms with Crippen LogP contribution in [0, 0.1) is 6.92 Å². The highest BCUT2D eigenvalue weighted by atomic mass is 19.4. The number of azide groups is 1. The maximum absolute atomic E-state index is 12.6. The highest BCUT2D eigenvalue weighted by molar-refractivity contribution is 5.52. The Balaban J connectivity index is 2.83. The van der Waals surface area contributed by atoms with Gasteiger partial charge in [0.05, 0.1) is 5.56 Å². The first-order chi connectivity index (χ1) is 8.43. The van der Waals surface area contributed by atoms with E-state index in [1.165, 1.54) is 0 Å². The first-order valence-electron chi connectivity index (χ1n) is 5.30. The molecule has 0 N–H and O–H groups in total. The van der Waals surface area contributed by atoms with Gasteiger partial charge in [-0.3, -0.25) is 0 Å². The maximum Gasteiger partial charge on any atom is 0.416 e. The van der Waals surface area contributed by atoms with Crippen LogP contribution in [0.2, 0.25) is 0 Å². The first-order valence-corrected chi connectivity index (χ1v) is 5.30. The van der Waals surface area contributed by atoms with Crippen molar-refractivity contribution in [2.75, 3.05) is 6.54 Å². The van der Waals surface area contributed by atoms with Crippen molar-refractivity contribution in [3.05, 3.63) is 51.4 Å². The van der Waals surface area contributed by atoms with Crippen LogP contribution in [0.15, 0.2) is 29.4 Å². The molecule has 0 heterocycles. The average molecular weight is 255 g/mol. The van der Waals surface area contributed by atoms with Crippen molar-refractivity contribution >= 4 is 6.08 Å². The van der Waals surface area contributed by atoms with Crippen molar-refractivity contribution < 1.29 is 13.2 Å². The molecule has 0 saturated heterocycles. The second-order valence-corrected chi connectivity index (χ2v) is 3.78. The minimum atomic E-state index is -4.33. The van der Waals surface area contributed by atoms with Gasteiger partial charge in [0.25, 0.3) is 0 Å². The van der Waals surface area contributed by atoms with Gasteiger partial charge in [-0.2, -0.15) is 13.2 Å². The summed E-state index contributed by atoms with van der Waals surface area (Å²) in [5, 5.41) is 3.33. The molecule has 18 heavy (non-hydrogen) atoms. The number of rotatable bonds is 4. The van der Waals surface area contributed by atoms with Gasteiger partial charge in [0.2, 0.25) is 0 Å². The van der Waals surface area contributed by atoms with Crippen LogP contribution < -0.4 is 0 Å². The summed E-state index contributed by atoms with van der Waals surface area (Å²) in [6.07, 6.45) is -0.558. The van der Waals surface area contributed by atoms with Gasteiger partial charge in [0.1, 0.15) is 0 Å². The monoisotopic (exact) mass is 255 g/mol. The van der Waals surface area contributed by atoms with Crippen LogP contribution in [0.4, 0.5) is 13.2 Å². The lowest BCUT2D eigenvalue weighted by molar-refractivity contribution is -0.137. The van der Waals surface area contributed by atoms with Crippen molar-refractivity contribution in [2.45, 2.75) is 19.5 Å². The number of hydrogen-bond donors (Lipinski definition) is 0. The van der Waals surface area contributed by atoms with Gasteiger partial charge in [-0.1, -0.05) is 23.3 Å². The lowest BCUT2D eigenvalue weighted by Gasteiger charge is -2.08. The SMILES string of the molecule is Cc1cc(C=CCCN=[N+]=[N-])cc(C(F)(F)F)c1. The summed E-state index contributed by atoms with van der Waals surface area (Å²) in [4.78, 5) is 2.58. The van der Waals surface area contributed by atoms with Crippen LogP contribution in [0.25, 0.3) is 16.5 Å². The Kier molecular flexibility index (Phi) is 4.80. The van der Waals surface area contributed by atoms with E-state index in [0.717, 1.165) is 12.1 Å². The molecule has 0 radical (unpaired) electrons. The fraction of sp³-hybridized carbons (Fsp3) is 0.333. The zero-order valence-electron chi connectivity index (χ0n) is 9.78. The standard InChI is InChI=1S/C12H12F3N3/c1-9-6-10(4-2-3-5-17-18-16)8-11(7-9)12(13,14)15/h2,4,6-8H,3,5H2,1H3. The van der Waals surface area contributed by atoms with E-state index >= 15 is 0 Å². The maximum atomic E-state index is 12.6. The van der Waals surface area contributed by atoms with Crippen molar-refractivity contribution in [1.29, 1.82) is 0 Å². The highest BCUT2D eigenvalue weighted by Gasteiger charge is 2.30. The van der Waals surface area contributed by atoms with Gasteiger partial charge in [-0.05, 0) is 42.1 Å². The second kappa shape index (κ2) is 6.12. The third-order valence-electron chi connectivity index (χ3n) is 2.20. The Labute approximate surface area is 103 Å². The molecule has 0 unspecified atom stereocenters. The number of halogens is 3. The van der Waals surface area contributed by atoms with Gasteiger partial charge in [-0.25, -0.2) is 0 Å². The van der Waals surface area contributed by atoms with Gasteiger partial charge >= 0.3 is 6.18 Å². The molecule has 0 fully saturated rings. The third kappa shape index (κ3) is 4.51. The molecule has 0 amide bonds. The van der Waals surface area contributed by atoms with E-state index in [1.807, 2.05) is 0 Å². The fourth-order valence-corrected chi connectivity index (χ4v) is 1.47. The van der Waals surface area contributed by atoms with Crippen LogP contribution in [-0.4, -0.2) is 6.54 Å². The van der Waals surface area contributed by atoms with Gasteiger partial charge in [0.15, 0.2) is 0 Å². The van der Waals surface area contributed by atoms with Gasteiger partial charge in [0, 0.05) is 11.5 Å². The smallest absolute Gasteiger partial charge is 0.166 e. The number of nitrogens with zero attached hydrogens (tertiary/aromatic N) is 3. The molecule has 0 aliphatic carbocycles. The largest absolute Gasteiger partial charge is 0.416 e. The predicted octanol–water partition coefficient (Wildman–Crippen LogP) is 4.73. The van der Waals surface area contributed by atoms with Gasteiger partial charge < -0.3 is 0 Å². The predicted molar refractivity (Wildman–Crippen MR) is 63.8 cm³/mol. The van der Waals surface area contributed by atoms with Crippen LogP contribution in [0.5, 0.6) is 0 Å². The summed E-state index contributed by atoms with van der Waals surface area (Å²) < 4.78 is 37.7. The summed E-state index contributed by atoms with van der Waals surface area (Å²) in [5.74, 6) is 0. The molecule has 1 rings (SSSR count). The number of aryl methyl sites for hydroxylation is 1. The molecule has 0 atom stereocenters. The molecule has 1 aromatic rings. The van der Waals surface area contributed by atoms with E-state index in [1.54, 1.807) is 25.1 Å². The molecule has 96 valence electrons. The molecule has 0 aliphatic rings. The van der Waals surface area contributed by atoms with Crippen LogP contribution >= 0.6 is 0 Å². The van der Waals surface area contributed by atoms with Crippen molar-refractivity contribution in [2.24, 2.45) is 5.11 Å². The molecule has 0 saturated carbocycles. The molecule has 0 bridgehead atoms. The zero-order chi connectivity index (χ0) is 13.6. The van der Waals surface area contributed by atoms with E-state index < -0.39 is 11.7 Å². The molecular formula is C12H12F3N3. The normalized spacial score (nSPS) is 11.6. The van der Waals surface area contributed by atoms with E-state index in [2.05, 4.69) is 10.0 Å². The molecule has 1 aromatic carbocycles. The van der Waals surface area contributed by atoms with Crippen LogP contribution in [0.3, 0.4) is 0 Å². The Bertz CT molecular complexity index is 486. The Morgan fingerprint density at radius 1 is 1.33 bits per heavy atom. The lowest BCUT2D eigenvalue weighted by atomic mass is 10.1. The Hall–Kier alpha value is -1.94. The van der Waals surface area contributed by atoms with Crippen LogP contribution in [-0.2, 0) is 6.18 Å². The Morgan fingerprint density at radius 3 is 2.67 bits per heavy atom. The molecular weight excluding hydrogens is 243 g/mol. The lowest BCUT2D eigenvalue weighted by Crippen LogP contribution is -2.05. The summed E-state index contributed by atoms with van der Waals surface area (Å²) >= 11 is 0. The highest BCUT2D eigenvalue weighted by Crippen LogP contribution is 2.30. The molecule has 3 nitrogen and oxygen atoms in total. The first kappa shape index (κ1) is 14.1. The van der Waals surface area contributed by atoms with E-state index in [-0.39, 0.29) is 0 Å². The van der Waals surface area contributed by atoms with E-state index in [0.29, 0.717) is 24.1 Å². The second-order valence-electron chi connectivity index (χ2n) is 3.78. The van der Waals surface area contributed by atoms with Crippen molar-refractivity contribution in [3.63, 3.8) is 0 Å². The quantitative estimate of drug-likeness (QED) is 0.323. The van der Waals surface area contributed by atoms with E-state index in [9.17, 15) is 13.2 Å². The number of hydrogen-bond acceptors (Lipinski definition) is 1. The zero-order valence-corrected chi connectivity index (χ0v) is 9.78. The summed E-state index contributed by atoms with van der Waals surface area (Å²) in [6, 6.07) is 3.87. The van der Waals surface area contributed by atoms with Crippen molar-refractivity contribution in [3.8, 4) is 0 Å². The number of alkyl halides is 3. The summed E-state index contributed by atoms with van der Waals surface area (Å²) in [6.45, 7) is 1.91. The van der Waals surface area contributed by atoms with Crippen molar-refractivity contribution in [1.82, 2.24) is 0 Å². The molecule has 0 aliphatic heterocycles. The van der Waals surface area contributed by atoms with E-state index in [4.69, 9.17) is 5.53 Å². The van der Waals surface area contributed by atoms with Crippen LogP contribution in [0.1, 0.15) is 23.1 Å². The molecule has 0 spiro atoms. The average Bonchev–Trinajstić information content (AvgIpc) is 2.27. The number of benzene rings is 1. The minimum Gasteiger partial charge on any atom is -0.166 e. The topological polar surface area (TPSA) is 48.8 Å². The molecule has 0 aromatic heterocycles. The minimum absolute atomic E-state index is 0.297.